The first-order valence-electron chi connectivity index (χ1n) is 11.9. The number of amides is 3. The zero-order valence-corrected chi connectivity index (χ0v) is 20.0. The lowest BCUT2D eigenvalue weighted by atomic mass is 9.96. The van der Waals surface area contributed by atoms with E-state index in [1.54, 1.807) is 43.6 Å². The number of anilines is 1. The van der Waals surface area contributed by atoms with Crippen LogP contribution in [0.5, 0.6) is 5.88 Å². The van der Waals surface area contributed by atoms with Crippen molar-refractivity contribution in [2.24, 2.45) is 5.92 Å². The third-order valence-electron chi connectivity index (χ3n) is 6.49. The maximum atomic E-state index is 13.6. The summed E-state index contributed by atoms with van der Waals surface area (Å²) in [6.07, 6.45) is 5.02. The Morgan fingerprint density at radius 2 is 1.97 bits per heavy atom. The second kappa shape index (κ2) is 10.2. The quantitative estimate of drug-likeness (QED) is 0.708. The van der Waals surface area contributed by atoms with Crippen molar-refractivity contribution in [3.63, 3.8) is 0 Å². The van der Waals surface area contributed by atoms with Crippen LogP contribution in [-0.2, 0) is 9.59 Å². The number of rotatable bonds is 6. The number of para-hydroxylation sites is 1. The molecule has 2 aliphatic heterocycles. The van der Waals surface area contributed by atoms with Crippen molar-refractivity contribution in [3.8, 4) is 5.88 Å². The van der Waals surface area contributed by atoms with Crippen LogP contribution in [0.1, 0.15) is 61.5 Å². The third kappa shape index (κ3) is 4.90. The Morgan fingerprint density at radius 1 is 1.18 bits per heavy atom. The van der Waals surface area contributed by atoms with Crippen LogP contribution < -0.4 is 15.0 Å². The van der Waals surface area contributed by atoms with Crippen LogP contribution in [0.2, 0.25) is 0 Å². The van der Waals surface area contributed by atoms with E-state index < -0.39 is 6.04 Å². The van der Waals surface area contributed by atoms with Crippen molar-refractivity contribution < 1.29 is 19.1 Å². The lowest BCUT2D eigenvalue weighted by Gasteiger charge is -2.37. The van der Waals surface area contributed by atoms with Crippen LogP contribution in [0.4, 0.5) is 5.69 Å². The average Bonchev–Trinajstić information content (AvgIpc) is 2.94. The number of hydrogen-bond acceptors (Lipinski definition) is 5. The molecular weight excluding hydrogens is 432 g/mol. The summed E-state index contributed by atoms with van der Waals surface area (Å²) in [6, 6.07) is 9.94. The molecule has 8 heteroatoms. The maximum Gasteiger partial charge on any atom is 0.254 e. The molecule has 2 unspecified atom stereocenters. The van der Waals surface area contributed by atoms with Gasteiger partial charge < -0.3 is 19.9 Å². The van der Waals surface area contributed by atoms with Crippen LogP contribution >= 0.6 is 0 Å². The minimum Gasteiger partial charge on any atom is -0.481 e. The highest BCUT2D eigenvalue weighted by atomic mass is 16.5. The molecule has 8 nitrogen and oxygen atoms in total. The van der Waals surface area contributed by atoms with Gasteiger partial charge in [-0.15, -0.1) is 0 Å². The number of hydrogen-bond donors (Lipinski definition) is 1. The number of benzene rings is 1. The highest BCUT2D eigenvalue weighted by Gasteiger charge is 2.37. The van der Waals surface area contributed by atoms with Gasteiger partial charge in [0.1, 0.15) is 12.6 Å². The first kappa shape index (κ1) is 23.7. The van der Waals surface area contributed by atoms with E-state index in [0.29, 0.717) is 30.1 Å². The molecule has 34 heavy (non-hydrogen) atoms. The predicted molar refractivity (Wildman–Crippen MR) is 129 cm³/mol. The van der Waals surface area contributed by atoms with Crippen LogP contribution in [0, 0.1) is 5.92 Å². The lowest BCUT2D eigenvalue weighted by Crippen LogP contribution is -2.51. The summed E-state index contributed by atoms with van der Waals surface area (Å²) in [5.74, 6) is 0.0608. The Morgan fingerprint density at radius 3 is 2.68 bits per heavy atom. The fraction of sp³-hybridized carbons (Fsp3) is 0.462. The number of aromatic nitrogens is 1. The number of piperidine rings is 1. The van der Waals surface area contributed by atoms with Gasteiger partial charge in [-0.3, -0.25) is 14.4 Å². The van der Waals surface area contributed by atoms with Gasteiger partial charge in [-0.2, -0.15) is 0 Å². The maximum absolute atomic E-state index is 13.6. The fourth-order valence-corrected chi connectivity index (χ4v) is 4.81. The molecule has 1 aromatic heterocycles. The number of nitrogens with one attached hydrogen (secondary N) is 1. The summed E-state index contributed by atoms with van der Waals surface area (Å²) in [6.45, 7) is 4.52. The van der Waals surface area contributed by atoms with Gasteiger partial charge in [0, 0.05) is 18.8 Å². The number of carbonyl (C=O) groups is 3. The Bertz CT molecular complexity index is 1050. The van der Waals surface area contributed by atoms with Gasteiger partial charge in [-0.25, -0.2) is 4.98 Å². The molecule has 3 amide bonds. The molecule has 1 fully saturated rings. The average molecular weight is 465 g/mol. The molecule has 2 aliphatic rings. The number of methoxy groups -OCH3 is 1. The Kier molecular flexibility index (Phi) is 7.14. The summed E-state index contributed by atoms with van der Waals surface area (Å²) >= 11 is 0. The second-order valence-corrected chi connectivity index (χ2v) is 9.33. The van der Waals surface area contributed by atoms with Crippen molar-refractivity contribution in [3.05, 3.63) is 53.7 Å². The molecule has 1 aromatic carbocycles. The predicted octanol–water partition coefficient (Wildman–Crippen LogP) is 3.34. The summed E-state index contributed by atoms with van der Waals surface area (Å²) in [4.78, 5) is 47.7. The van der Waals surface area contributed by atoms with Crippen molar-refractivity contribution >= 4 is 23.4 Å². The molecule has 2 aromatic rings. The normalized spacial score (nSPS) is 20.6. The minimum atomic E-state index is -0.671. The van der Waals surface area contributed by atoms with Crippen molar-refractivity contribution in [1.29, 1.82) is 0 Å². The van der Waals surface area contributed by atoms with Crippen LogP contribution in [0.3, 0.4) is 0 Å². The van der Waals surface area contributed by atoms with Crippen molar-refractivity contribution in [2.75, 3.05) is 25.1 Å². The summed E-state index contributed by atoms with van der Waals surface area (Å²) in [7, 11) is 1.57. The Labute approximate surface area is 200 Å². The summed E-state index contributed by atoms with van der Waals surface area (Å²) < 4.78 is 5.17. The molecule has 1 N–H and O–H groups in total. The van der Waals surface area contributed by atoms with Gasteiger partial charge in [-0.1, -0.05) is 32.0 Å². The highest BCUT2D eigenvalue weighted by Crippen LogP contribution is 2.32. The number of fused-ring (bicyclic) bond motifs is 1. The summed E-state index contributed by atoms with van der Waals surface area (Å²) in [5, 5.41) is 2.87. The van der Waals surface area contributed by atoms with Gasteiger partial charge in [0.05, 0.1) is 24.4 Å². The molecule has 3 heterocycles. The van der Waals surface area contributed by atoms with E-state index >= 15 is 0 Å². The standard InChI is InChI=1S/C26H32N4O4/c1-17(2)14-20-26(33)30(22-10-5-4-8-19(22)25(32)28-20)16-24(31)29-13-7-6-9-21(29)18-11-12-23(34-3)27-15-18/h4-5,8,10-12,15,17,20-21H,6-7,9,13-14,16H2,1-3H3,(H,28,32). The molecule has 4 rings (SSSR count). The van der Waals surface area contributed by atoms with E-state index in [2.05, 4.69) is 10.3 Å². The molecule has 0 radical (unpaired) electrons. The smallest absolute Gasteiger partial charge is 0.254 e. The van der Waals surface area contributed by atoms with Gasteiger partial charge in [0.25, 0.3) is 5.91 Å². The van der Waals surface area contributed by atoms with Crippen LogP contribution in [0.25, 0.3) is 0 Å². The number of nitrogens with zero attached hydrogens (tertiary/aromatic N) is 3. The van der Waals surface area contributed by atoms with Crippen molar-refractivity contribution in [1.82, 2.24) is 15.2 Å². The minimum absolute atomic E-state index is 0.108. The van der Waals surface area contributed by atoms with E-state index in [1.807, 2.05) is 24.8 Å². The van der Waals surface area contributed by atoms with Gasteiger partial charge in [-0.05, 0) is 49.3 Å². The van der Waals surface area contributed by atoms with E-state index in [0.717, 1.165) is 24.8 Å². The van der Waals surface area contributed by atoms with Crippen LogP contribution in [-0.4, -0.2) is 53.8 Å². The third-order valence-corrected chi connectivity index (χ3v) is 6.49. The first-order chi connectivity index (χ1) is 16.4. The SMILES string of the molecule is COc1ccc(C2CCCCN2C(=O)CN2C(=O)C(CC(C)C)NC(=O)c3ccccc32)cn1. The number of pyridine rings is 1. The molecule has 1 saturated heterocycles. The van der Waals surface area contributed by atoms with Crippen molar-refractivity contribution in [2.45, 2.75) is 51.6 Å². The molecule has 0 saturated carbocycles. The lowest BCUT2D eigenvalue weighted by molar-refractivity contribution is -0.135. The van der Waals surface area contributed by atoms with Gasteiger partial charge in [0.15, 0.2) is 0 Å². The molecule has 0 bridgehead atoms. The first-order valence-corrected chi connectivity index (χ1v) is 11.9. The molecule has 180 valence electrons. The zero-order chi connectivity index (χ0) is 24.2. The molecular formula is C26H32N4O4. The van der Waals surface area contributed by atoms with Crippen LogP contribution in [0.15, 0.2) is 42.6 Å². The fourth-order valence-electron chi connectivity index (χ4n) is 4.81. The summed E-state index contributed by atoms with van der Waals surface area (Å²) in [5.41, 5.74) is 1.83. The second-order valence-electron chi connectivity index (χ2n) is 9.33. The Balaban J connectivity index is 1.62. The number of carbonyl (C=O) groups excluding carboxylic acids is 3. The number of ether oxygens (including phenoxy) is 1. The topological polar surface area (TPSA) is 91.8 Å². The van der Waals surface area contributed by atoms with E-state index in [9.17, 15) is 14.4 Å². The Hall–Kier alpha value is -3.42. The van der Waals surface area contributed by atoms with E-state index in [1.165, 1.54) is 4.90 Å². The van der Waals surface area contributed by atoms with Gasteiger partial charge in [0.2, 0.25) is 17.7 Å². The molecule has 0 spiro atoms. The number of likely N-dealkylation sites (tertiary alicyclic amines) is 1. The van der Waals surface area contributed by atoms with E-state index in [-0.39, 0.29) is 36.2 Å². The van der Waals surface area contributed by atoms with E-state index in [4.69, 9.17) is 4.74 Å². The highest BCUT2D eigenvalue weighted by molar-refractivity contribution is 6.12. The zero-order valence-electron chi connectivity index (χ0n) is 20.0. The molecule has 0 aliphatic carbocycles. The van der Waals surface area contributed by atoms with Gasteiger partial charge >= 0.3 is 0 Å². The largest absolute Gasteiger partial charge is 0.481 e. The molecule has 2 atom stereocenters. The monoisotopic (exact) mass is 464 g/mol.